The zero-order valence-electron chi connectivity index (χ0n) is 14.2. The van der Waals surface area contributed by atoms with Crippen molar-refractivity contribution in [2.24, 2.45) is 0 Å². The van der Waals surface area contributed by atoms with Gasteiger partial charge in [0.2, 0.25) is 0 Å². The maximum Gasteiger partial charge on any atom is 0.157 e. The molecule has 132 valence electrons. The molecule has 3 heterocycles. The zero-order chi connectivity index (χ0) is 17.9. The van der Waals surface area contributed by atoms with Gasteiger partial charge >= 0.3 is 0 Å². The fourth-order valence-electron chi connectivity index (χ4n) is 2.91. The minimum Gasteiger partial charge on any atom is -0.496 e. The molecule has 0 aliphatic rings. The number of ether oxygens (including phenoxy) is 1. The van der Waals surface area contributed by atoms with Gasteiger partial charge in [0.05, 0.1) is 32.7 Å². The quantitative estimate of drug-likeness (QED) is 0.556. The van der Waals surface area contributed by atoms with Gasteiger partial charge in [0.15, 0.2) is 5.65 Å². The molecule has 0 unspecified atom stereocenters. The van der Waals surface area contributed by atoms with Crippen molar-refractivity contribution in [2.45, 2.75) is 13.2 Å². The van der Waals surface area contributed by atoms with Crippen molar-refractivity contribution in [3.8, 4) is 17.0 Å². The highest BCUT2D eigenvalue weighted by Crippen LogP contribution is 2.32. The van der Waals surface area contributed by atoms with Crippen molar-refractivity contribution >= 4 is 11.5 Å². The molecule has 7 heteroatoms. The van der Waals surface area contributed by atoms with Crippen LogP contribution in [-0.4, -0.2) is 26.6 Å². The number of aliphatic hydroxyl groups is 1. The van der Waals surface area contributed by atoms with Gasteiger partial charge in [0.25, 0.3) is 0 Å². The van der Waals surface area contributed by atoms with E-state index in [2.05, 4.69) is 10.3 Å². The normalized spacial score (nSPS) is 11.0. The fourth-order valence-corrected chi connectivity index (χ4v) is 2.91. The predicted octanol–water partition coefficient (Wildman–Crippen LogP) is 3.10. The SMILES string of the molecule is COc1ccc(-c2nc3cnccn3c2NCc2ccco2)cc1CO. The number of benzene rings is 1. The molecule has 0 radical (unpaired) electrons. The standard InChI is InChI=1S/C19H18N4O3/c1-25-16-5-4-13(9-14(16)12-24)18-19(21-10-15-3-2-8-26-15)23-7-6-20-11-17(23)22-18/h2-9,11,21,24H,10,12H2,1H3. The first-order valence-electron chi connectivity index (χ1n) is 8.16. The van der Waals surface area contributed by atoms with Gasteiger partial charge in [-0.25, -0.2) is 4.98 Å². The lowest BCUT2D eigenvalue weighted by molar-refractivity contribution is 0.274. The van der Waals surface area contributed by atoms with Crippen LogP contribution in [-0.2, 0) is 13.2 Å². The summed E-state index contributed by atoms with van der Waals surface area (Å²) in [6.07, 6.45) is 6.92. The molecule has 2 N–H and O–H groups in total. The summed E-state index contributed by atoms with van der Waals surface area (Å²) >= 11 is 0. The first-order chi connectivity index (χ1) is 12.8. The number of hydrogen-bond donors (Lipinski definition) is 2. The molecule has 26 heavy (non-hydrogen) atoms. The molecule has 4 aromatic rings. The summed E-state index contributed by atoms with van der Waals surface area (Å²) in [6, 6.07) is 9.40. The summed E-state index contributed by atoms with van der Waals surface area (Å²) in [7, 11) is 1.58. The maximum atomic E-state index is 9.61. The first-order valence-corrected chi connectivity index (χ1v) is 8.16. The van der Waals surface area contributed by atoms with Crippen LogP contribution >= 0.6 is 0 Å². The second-order valence-electron chi connectivity index (χ2n) is 5.73. The highest BCUT2D eigenvalue weighted by Gasteiger charge is 2.16. The molecule has 1 aromatic carbocycles. The number of nitrogens with one attached hydrogen (secondary N) is 1. The van der Waals surface area contributed by atoms with E-state index in [1.807, 2.05) is 40.9 Å². The van der Waals surface area contributed by atoms with Gasteiger partial charge < -0.3 is 19.6 Å². The third-order valence-corrected chi connectivity index (χ3v) is 4.16. The van der Waals surface area contributed by atoms with Crippen LogP contribution in [0.2, 0.25) is 0 Å². The monoisotopic (exact) mass is 350 g/mol. The van der Waals surface area contributed by atoms with E-state index in [4.69, 9.17) is 14.1 Å². The van der Waals surface area contributed by atoms with Crippen molar-refractivity contribution in [2.75, 3.05) is 12.4 Å². The molecule has 0 saturated heterocycles. The van der Waals surface area contributed by atoms with Crippen molar-refractivity contribution in [1.29, 1.82) is 0 Å². The van der Waals surface area contributed by atoms with Gasteiger partial charge in [-0.05, 0) is 30.3 Å². The Bertz CT molecular complexity index is 1020. The molecule has 0 spiro atoms. The molecule has 0 aliphatic heterocycles. The molecule has 0 amide bonds. The van der Waals surface area contributed by atoms with Crippen molar-refractivity contribution in [1.82, 2.24) is 14.4 Å². The van der Waals surface area contributed by atoms with Crippen LogP contribution < -0.4 is 10.1 Å². The van der Waals surface area contributed by atoms with Crippen LogP contribution in [0.15, 0.2) is 59.6 Å². The van der Waals surface area contributed by atoms with Crippen molar-refractivity contribution in [3.05, 3.63) is 66.5 Å². The number of aliphatic hydroxyl groups excluding tert-OH is 1. The number of nitrogens with zero attached hydrogens (tertiary/aromatic N) is 3. The summed E-state index contributed by atoms with van der Waals surface area (Å²) in [6.45, 7) is 0.417. The van der Waals surface area contributed by atoms with Gasteiger partial charge in [-0.1, -0.05) is 0 Å². The van der Waals surface area contributed by atoms with Crippen LogP contribution in [0.4, 0.5) is 5.82 Å². The number of hydrogen-bond acceptors (Lipinski definition) is 6. The predicted molar refractivity (Wildman–Crippen MR) is 96.9 cm³/mol. The van der Waals surface area contributed by atoms with Crippen LogP contribution in [0.25, 0.3) is 16.9 Å². The molecule has 3 aromatic heterocycles. The minimum absolute atomic E-state index is 0.110. The molecule has 0 fully saturated rings. The number of methoxy groups -OCH3 is 1. The lowest BCUT2D eigenvalue weighted by atomic mass is 10.1. The van der Waals surface area contributed by atoms with Crippen LogP contribution in [0.1, 0.15) is 11.3 Å². The van der Waals surface area contributed by atoms with E-state index < -0.39 is 0 Å². The molecule has 4 rings (SSSR count). The largest absolute Gasteiger partial charge is 0.496 e. The summed E-state index contributed by atoms with van der Waals surface area (Å²) in [5, 5.41) is 13.0. The zero-order valence-corrected chi connectivity index (χ0v) is 14.2. The number of anilines is 1. The Hall–Kier alpha value is -3.32. The Kier molecular flexibility index (Phi) is 4.28. The van der Waals surface area contributed by atoms with E-state index in [0.717, 1.165) is 28.5 Å². The summed E-state index contributed by atoms with van der Waals surface area (Å²) in [5.41, 5.74) is 3.07. The number of aromatic nitrogens is 3. The summed E-state index contributed by atoms with van der Waals surface area (Å²) in [5.74, 6) is 2.30. The second kappa shape index (κ2) is 6.89. The van der Waals surface area contributed by atoms with E-state index in [1.54, 1.807) is 25.8 Å². The molecule has 0 saturated carbocycles. The summed E-state index contributed by atoms with van der Waals surface area (Å²) in [4.78, 5) is 8.84. The van der Waals surface area contributed by atoms with Gasteiger partial charge in [0.1, 0.15) is 23.0 Å². The van der Waals surface area contributed by atoms with Gasteiger partial charge in [0, 0.05) is 23.5 Å². The number of furan rings is 1. The third kappa shape index (κ3) is 2.89. The molecule has 7 nitrogen and oxygen atoms in total. The third-order valence-electron chi connectivity index (χ3n) is 4.16. The van der Waals surface area contributed by atoms with Gasteiger partial charge in [-0.2, -0.15) is 0 Å². The second-order valence-corrected chi connectivity index (χ2v) is 5.73. The highest BCUT2D eigenvalue weighted by molar-refractivity contribution is 5.77. The number of rotatable bonds is 6. The average Bonchev–Trinajstić information content (AvgIpc) is 3.33. The van der Waals surface area contributed by atoms with E-state index in [0.29, 0.717) is 17.9 Å². The Labute approximate surface area is 149 Å². The Morgan fingerprint density at radius 1 is 1.31 bits per heavy atom. The average molecular weight is 350 g/mol. The topological polar surface area (TPSA) is 84.8 Å². The Balaban J connectivity index is 1.80. The minimum atomic E-state index is -0.110. The van der Waals surface area contributed by atoms with Crippen molar-refractivity contribution in [3.63, 3.8) is 0 Å². The molecule has 0 aliphatic carbocycles. The summed E-state index contributed by atoms with van der Waals surface area (Å²) < 4.78 is 12.6. The van der Waals surface area contributed by atoms with Crippen LogP contribution in [0.3, 0.4) is 0 Å². The van der Waals surface area contributed by atoms with Crippen molar-refractivity contribution < 1.29 is 14.3 Å². The fraction of sp³-hybridized carbons (Fsp3) is 0.158. The first kappa shape index (κ1) is 16.2. The van der Waals surface area contributed by atoms with Crippen LogP contribution in [0, 0.1) is 0 Å². The van der Waals surface area contributed by atoms with Gasteiger partial charge in [-0.15, -0.1) is 0 Å². The number of fused-ring (bicyclic) bond motifs is 1. The number of imidazole rings is 1. The van der Waals surface area contributed by atoms with E-state index in [-0.39, 0.29) is 6.61 Å². The molecular formula is C19H18N4O3. The highest BCUT2D eigenvalue weighted by atomic mass is 16.5. The Morgan fingerprint density at radius 3 is 3.00 bits per heavy atom. The smallest absolute Gasteiger partial charge is 0.157 e. The lowest BCUT2D eigenvalue weighted by Gasteiger charge is -2.10. The van der Waals surface area contributed by atoms with E-state index in [1.165, 1.54) is 0 Å². The van der Waals surface area contributed by atoms with E-state index in [9.17, 15) is 5.11 Å². The van der Waals surface area contributed by atoms with E-state index >= 15 is 0 Å². The molecular weight excluding hydrogens is 332 g/mol. The molecule has 0 atom stereocenters. The maximum absolute atomic E-state index is 9.61. The van der Waals surface area contributed by atoms with Crippen LogP contribution in [0.5, 0.6) is 5.75 Å². The van der Waals surface area contributed by atoms with Gasteiger partial charge in [-0.3, -0.25) is 9.38 Å². The lowest BCUT2D eigenvalue weighted by Crippen LogP contribution is -2.03. The molecule has 0 bridgehead atoms. The Morgan fingerprint density at radius 2 is 2.23 bits per heavy atom.